The molecule has 0 bridgehead atoms. The van der Waals surface area contributed by atoms with Gasteiger partial charge in [0.15, 0.2) is 0 Å². The SMILES string of the molecule is C=C(C)OP(=O)(c1ccccc1)c1ccccc1. The lowest BCUT2D eigenvalue weighted by molar-refractivity contribution is 0.425. The zero-order valence-corrected chi connectivity index (χ0v) is 11.1. The first-order chi connectivity index (χ1) is 8.63. The predicted molar refractivity (Wildman–Crippen MR) is 75.7 cm³/mol. The van der Waals surface area contributed by atoms with Crippen LogP contribution >= 0.6 is 7.37 Å². The van der Waals surface area contributed by atoms with Crippen molar-refractivity contribution in [1.82, 2.24) is 0 Å². The molecule has 18 heavy (non-hydrogen) atoms. The molecule has 2 aromatic carbocycles. The molecule has 0 aromatic heterocycles. The minimum atomic E-state index is -3.08. The molecular weight excluding hydrogens is 243 g/mol. The highest BCUT2D eigenvalue weighted by Crippen LogP contribution is 2.46. The third-order valence-electron chi connectivity index (χ3n) is 2.48. The molecule has 0 amide bonds. The van der Waals surface area contributed by atoms with Gasteiger partial charge in [-0.2, -0.15) is 0 Å². The first kappa shape index (κ1) is 12.7. The van der Waals surface area contributed by atoms with E-state index in [1.807, 2.05) is 60.7 Å². The van der Waals surface area contributed by atoms with Gasteiger partial charge in [-0.1, -0.05) is 43.0 Å². The smallest absolute Gasteiger partial charge is 0.306 e. The summed E-state index contributed by atoms with van der Waals surface area (Å²) < 4.78 is 18.7. The van der Waals surface area contributed by atoms with Crippen molar-refractivity contribution in [3.8, 4) is 0 Å². The second-order valence-corrected chi connectivity index (χ2v) is 6.33. The van der Waals surface area contributed by atoms with E-state index in [2.05, 4.69) is 6.58 Å². The maximum atomic E-state index is 13.1. The molecule has 2 aromatic rings. The summed E-state index contributed by atoms with van der Waals surface area (Å²) in [5.41, 5.74) is 0. The van der Waals surface area contributed by atoms with Crippen LogP contribution in [0, 0.1) is 0 Å². The van der Waals surface area contributed by atoms with Crippen molar-refractivity contribution in [1.29, 1.82) is 0 Å². The summed E-state index contributed by atoms with van der Waals surface area (Å²) in [6.07, 6.45) is 0. The molecule has 0 fully saturated rings. The van der Waals surface area contributed by atoms with E-state index in [1.165, 1.54) is 0 Å². The van der Waals surface area contributed by atoms with Crippen LogP contribution in [0.3, 0.4) is 0 Å². The molecule has 0 N–H and O–H groups in total. The van der Waals surface area contributed by atoms with Gasteiger partial charge in [0.1, 0.15) is 0 Å². The molecular formula is C15H15O2P. The quantitative estimate of drug-likeness (QED) is 0.620. The van der Waals surface area contributed by atoms with E-state index in [9.17, 15) is 4.57 Å². The highest BCUT2D eigenvalue weighted by molar-refractivity contribution is 7.74. The van der Waals surface area contributed by atoms with Gasteiger partial charge in [0, 0.05) is 0 Å². The summed E-state index contributed by atoms with van der Waals surface area (Å²) in [6.45, 7) is 5.40. The van der Waals surface area contributed by atoms with Crippen molar-refractivity contribution < 1.29 is 9.09 Å². The monoisotopic (exact) mass is 258 g/mol. The number of allylic oxidation sites excluding steroid dienone is 1. The van der Waals surface area contributed by atoms with Gasteiger partial charge < -0.3 is 4.52 Å². The molecule has 0 heterocycles. The van der Waals surface area contributed by atoms with Crippen LogP contribution in [0.25, 0.3) is 0 Å². The predicted octanol–water partition coefficient (Wildman–Crippen LogP) is 3.47. The van der Waals surface area contributed by atoms with Gasteiger partial charge in [0.05, 0.1) is 16.4 Å². The third kappa shape index (κ3) is 2.55. The molecule has 0 aliphatic rings. The van der Waals surface area contributed by atoms with E-state index in [4.69, 9.17) is 4.52 Å². The zero-order chi connectivity index (χ0) is 13.0. The van der Waals surface area contributed by atoms with E-state index in [-0.39, 0.29) is 0 Å². The van der Waals surface area contributed by atoms with Gasteiger partial charge >= 0.3 is 7.37 Å². The Kier molecular flexibility index (Phi) is 3.69. The standard InChI is InChI=1S/C15H15O2P/c1-13(2)17-18(16,14-9-5-3-6-10-14)15-11-7-4-8-12-15/h3-12H,1H2,2H3. The van der Waals surface area contributed by atoms with Crippen molar-refractivity contribution in [3.63, 3.8) is 0 Å². The normalized spacial score (nSPS) is 10.9. The van der Waals surface area contributed by atoms with E-state index in [0.29, 0.717) is 16.4 Å². The van der Waals surface area contributed by atoms with Gasteiger partial charge in [-0.05, 0) is 31.2 Å². The molecule has 0 aliphatic carbocycles. The third-order valence-corrected chi connectivity index (χ3v) is 5.00. The fourth-order valence-corrected chi connectivity index (χ4v) is 3.80. The van der Waals surface area contributed by atoms with E-state index < -0.39 is 7.37 Å². The Labute approximate surface area is 107 Å². The molecule has 0 saturated heterocycles. The molecule has 92 valence electrons. The number of hydrogen-bond donors (Lipinski definition) is 0. The van der Waals surface area contributed by atoms with Crippen LogP contribution in [0.5, 0.6) is 0 Å². The van der Waals surface area contributed by atoms with Gasteiger partial charge in [-0.3, -0.25) is 4.57 Å². The summed E-state index contributed by atoms with van der Waals surface area (Å²) in [7, 11) is -3.08. The molecule has 0 spiro atoms. The molecule has 2 nitrogen and oxygen atoms in total. The number of rotatable bonds is 4. The number of hydrogen-bond acceptors (Lipinski definition) is 2. The second-order valence-electron chi connectivity index (χ2n) is 4.02. The number of benzene rings is 2. The Morgan fingerprint density at radius 2 is 1.33 bits per heavy atom. The summed E-state index contributed by atoms with van der Waals surface area (Å²) in [6, 6.07) is 18.5. The van der Waals surface area contributed by atoms with Crippen molar-refractivity contribution in [2.24, 2.45) is 0 Å². The van der Waals surface area contributed by atoms with Gasteiger partial charge in [-0.15, -0.1) is 0 Å². The maximum Gasteiger partial charge on any atom is 0.306 e. The Bertz CT molecular complexity index is 532. The van der Waals surface area contributed by atoms with Crippen LogP contribution < -0.4 is 10.6 Å². The summed E-state index contributed by atoms with van der Waals surface area (Å²) in [5.74, 6) is 0.450. The first-order valence-electron chi connectivity index (χ1n) is 5.69. The second kappa shape index (κ2) is 5.24. The molecule has 0 atom stereocenters. The Morgan fingerprint density at radius 3 is 1.67 bits per heavy atom. The Morgan fingerprint density at radius 1 is 0.944 bits per heavy atom. The lowest BCUT2D eigenvalue weighted by Gasteiger charge is -2.20. The Balaban J connectivity index is 2.55. The molecule has 0 unspecified atom stereocenters. The van der Waals surface area contributed by atoms with Crippen molar-refractivity contribution >= 4 is 18.0 Å². The summed E-state index contributed by atoms with van der Waals surface area (Å²) in [4.78, 5) is 0. The van der Waals surface area contributed by atoms with Crippen molar-refractivity contribution in [3.05, 3.63) is 73.0 Å². The highest BCUT2D eigenvalue weighted by atomic mass is 31.2. The highest BCUT2D eigenvalue weighted by Gasteiger charge is 2.29. The topological polar surface area (TPSA) is 26.3 Å². The van der Waals surface area contributed by atoms with Crippen molar-refractivity contribution in [2.45, 2.75) is 6.92 Å². The maximum absolute atomic E-state index is 13.1. The largest absolute Gasteiger partial charge is 0.442 e. The Hall–Kier alpha value is -1.79. The summed E-state index contributed by atoms with van der Waals surface area (Å²) in [5, 5.41) is 1.36. The lowest BCUT2D eigenvalue weighted by atomic mass is 10.4. The van der Waals surface area contributed by atoms with E-state index >= 15 is 0 Å². The lowest BCUT2D eigenvalue weighted by Crippen LogP contribution is -2.17. The van der Waals surface area contributed by atoms with Crippen molar-refractivity contribution in [2.75, 3.05) is 0 Å². The van der Waals surface area contributed by atoms with Crippen LogP contribution in [0.2, 0.25) is 0 Å². The van der Waals surface area contributed by atoms with E-state index in [0.717, 1.165) is 0 Å². The fourth-order valence-electron chi connectivity index (χ4n) is 1.72. The van der Waals surface area contributed by atoms with Crippen LogP contribution in [0.1, 0.15) is 6.92 Å². The zero-order valence-electron chi connectivity index (χ0n) is 10.2. The average Bonchev–Trinajstić information content (AvgIpc) is 2.40. The van der Waals surface area contributed by atoms with Crippen LogP contribution in [0.4, 0.5) is 0 Å². The molecule has 2 rings (SSSR count). The van der Waals surface area contributed by atoms with E-state index in [1.54, 1.807) is 6.92 Å². The molecule has 0 saturated carbocycles. The minimum absolute atomic E-state index is 0.450. The fraction of sp³-hybridized carbons (Fsp3) is 0.0667. The molecule has 0 aliphatic heterocycles. The van der Waals surface area contributed by atoms with Crippen LogP contribution in [-0.2, 0) is 9.09 Å². The van der Waals surface area contributed by atoms with Gasteiger partial charge in [0.25, 0.3) is 0 Å². The van der Waals surface area contributed by atoms with Gasteiger partial charge in [-0.25, -0.2) is 0 Å². The van der Waals surface area contributed by atoms with Crippen LogP contribution in [0.15, 0.2) is 73.0 Å². The summed E-state index contributed by atoms with van der Waals surface area (Å²) >= 11 is 0. The minimum Gasteiger partial charge on any atom is -0.442 e. The molecule has 3 heteroatoms. The van der Waals surface area contributed by atoms with Crippen LogP contribution in [-0.4, -0.2) is 0 Å². The average molecular weight is 258 g/mol. The van der Waals surface area contributed by atoms with Gasteiger partial charge in [0.2, 0.25) is 0 Å². The first-order valence-corrected chi connectivity index (χ1v) is 7.32. The molecule has 0 radical (unpaired) electrons.